The van der Waals surface area contributed by atoms with Gasteiger partial charge in [0, 0.05) is 24.2 Å². The third kappa shape index (κ3) is 1.79. The van der Waals surface area contributed by atoms with Crippen LogP contribution in [0.3, 0.4) is 0 Å². The van der Waals surface area contributed by atoms with Crippen LogP contribution < -0.4 is 5.56 Å². The Balaban J connectivity index is 1.76. The molecule has 4 rings (SSSR count). The highest BCUT2D eigenvalue weighted by atomic mass is 16.1. The minimum atomic E-state index is -0.343. The maximum atomic E-state index is 12.2. The molecule has 1 aliphatic carbocycles. The molecule has 108 valence electrons. The molecule has 1 fully saturated rings. The van der Waals surface area contributed by atoms with Crippen molar-refractivity contribution in [2.24, 2.45) is 0 Å². The number of rotatable bonds is 2. The molecule has 2 N–H and O–H groups in total. The van der Waals surface area contributed by atoms with Gasteiger partial charge in [-0.05, 0) is 18.9 Å². The van der Waals surface area contributed by atoms with Crippen molar-refractivity contribution in [1.82, 2.24) is 30.1 Å². The molecule has 0 bridgehead atoms. The van der Waals surface area contributed by atoms with E-state index in [9.17, 15) is 4.79 Å². The van der Waals surface area contributed by atoms with Crippen LogP contribution >= 0.6 is 0 Å². The van der Waals surface area contributed by atoms with Crippen LogP contribution in [-0.4, -0.2) is 30.1 Å². The molecule has 3 aromatic heterocycles. The van der Waals surface area contributed by atoms with E-state index < -0.39 is 0 Å². The molecule has 3 heterocycles. The maximum Gasteiger partial charge on any atom is 0.263 e. The van der Waals surface area contributed by atoms with Crippen LogP contribution in [0.15, 0.2) is 23.3 Å². The normalized spacial score (nSPS) is 20.5. The van der Waals surface area contributed by atoms with E-state index in [1.54, 1.807) is 18.5 Å². The Morgan fingerprint density at radius 2 is 2.00 bits per heavy atom. The predicted molar refractivity (Wildman–Crippen MR) is 76.0 cm³/mol. The highest BCUT2D eigenvalue weighted by Gasteiger charge is 2.37. The Morgan fingerprint density at radius 1 is 1.23 bits per heavy atom. The van der Waals surface area contributed by atoms with Gasteiger partial charge in [0.15, 0.2) is 11.3 Å². The number of fused-ring (bicyclic) bond motifs is 1. The molecule has 0 spiro atoms. The van der Waals surface area contributed by atoms with Gasteiger partial charge in [-0.25, -0.2) is 15.0 Å². The van der Waals surface area contributed by atoms with Crippen molar-refractivity contribution in [1.29, 1.82) is 5.26 Å². The lowest BCUT2D eigenvalue weighted by Gasteiger charge is -2.34. The lowest BCUT2D eigenvalue weighted by Crippen LogP contribution is -2.27. The number of nitriles is 1. The van der Waals surface area contributed by atoms with Gasteiger partial charge in [0.2, 0.25) is 0 Å². The fraction of sp³-hybridized carbons (Fsp3) is 0.286. The van der Waals surface area contributed by atoms with E-state index in [-0.39, 0.29) is 34.1 Å². The van der Waals surface area contributed by atoms with Crippen molar-refractivity contribution in [2.45, 2.75) is 24.7 Å². The first-order chi connectivity index (χ1) is 10.8. The summed E-state index contributed by atoms with van der Waals surface area (Å²) in [4.78, 5) is 27.9. The topological polar surface area (TPSA) is 124 Å². The summed E-state index contributed by atoms with van der Waals surface area (Å²) < 4.78 is 0. The second kappa shape index (κ2) is 4.73. The molecule has 0 aromatic carbocycles. The third-order valence-corrected chi connectivity index (χ3v) is 4.10. The molecule has 0 unspecified atom stereocenters. The molecule has 3 aromatic rings. The van der Waals surface area contributed by atoms with Gasteiger partial charge in [-0.1, -0.05) is 0 Å². The average molecular weight is 293 g/mol. The first kappa shape index (κ1) is 12.6. The smallest absolute Gasteiger partial charge is 0.263 e. The van der Waals surface area contributed by atoms with Crippen molar-refractivity contribution in [3.8, 4) is 6.07 Å². The van der Waals surface area contributed by atoms with E-state index >= 15 is 0 Å². The molecule has 22 heavy (non-hydrogen) atoms. The van der Waals surface area contributed by atoms with Crippen LogP contribution in [0.5, 0.6) is 0 Å². The molecule has 2 atom stereocenters. The van der Waals surface area contributed by atoms with Gasteiger partial charge in [0.25, 0.3) is 5.56 Å². The molecule has 0 amide bonds. The Labute approximate surface area is 124 Å². The summed E-state index contributed by atoms with van der Waals surface area (Å²) >= 11 is 0. The van der Waals surface area contributed by atoms with E-state index in [0.29, 0.717) is 5.82 Å². The molecular weight excluding hydrogens is 282 g/mol. The number of nitrogens with one attached hydrogen (secondary N) is 2. The maximum absolute atomic E-state index is 12.2. The monoisotopic (exact) mass is 293 g/mol. The summed E-state index contributed by atoms with van der Waals surface area (Å²) in [5.41, 5.74) is 0.0618. The van der Waals surface area contributed by atoms with Crippen molar-refractivity contribution in [3.05, 3.63) is 46.2 Å². The van der Waals surface area contributed by atoms with Crippen LogP contribution in [0.25, 0.3) is 11.0 Å². The Kier molecular flexibility index (Phi) is 2.72. The summed E-state index contributed by atoms with van der Waals surface area (Å²) in [5.74, 6) is 1.57. The third-order valence-electron chi connectivity index (χ3n) is 4.10. The number of hydrogen-bond donors (Lipinski definition) is 2. The number of nitrogens with zero attached hydrogens (tertiary/aromatic N) is 5. The molecule has 0 saturated heterocycles. The van der Waals surface area contributed by atoms with Crippen molar-refractivity contribution >= 4 is 11.0 Å². The molecule has 8 heteroatoms. The molecule has 0 radical (unpaired) electrons. The molecule has 1 saturated carbocycles. The van der Waals surface area contributed by atoms with Crippen LogP contribution in [0.4, 0.5) is 0 Å². The minimum Gasteiger partial charge on any atom is -0.310 e. The van der Waals surface area contributed by atoms with Gasteiger partial charge < -0.3 is 4.98 Å². The van der Waals surface area contributed by atoms with Crippen LogP contribution in [0.1, 0.15) is 42.0 Å². The Hall–Kier alpha value is -3.08. The molecule has 1 aliphatic rings. The summed E-state index contributed by atoms with van der Waals surface area (Å²) in [6, 6.07) is 3.68. The second-order valence-corrected chi connectivity index (χ2v) is 5.26. The van der Waals surface area contributed by atoms with E-state index in [1.807, 2.05) is 6.07 Å². The van der Waals surface area contributed by atoms with Gasteiger partial charge in [-0.3, -0.25) is 9.89 Å². The van der Waals surface area contributed by atoms with Crippen LogP contribution in [-0.2, 0) is 0 Å². The quantitative estimate of drug-likeness (QED) is 0.725. The van der Waals surface area contributed by atoms with E-state index in [4.69, 9.17) is 5.26 Å². The van der Waals surface area contributed by atoms with Gasteiger partial charge in [-0.2, -0.15) is 10.4 Å². The molecular formula is C14H11N7O. The summed E-state index contributed by atoms with van der Waals surface area (Å²) in [5, 5.41) is 15.6. The molecule has 8 nitrogen and oxygen atoms in total. The first-order valence-corrected chi connectivity index (χ1v) is 6.93. The van der Waals surface area contributed by atoms with Crippen LogP contribution in [0, 0.1) is 11.3 Å². The number of H-pyrrole nitrogens is 2. The van der Waals surface area contributed by atoms with Crippen molar-refractivity contribution in [2.75, 3.05) is 0 Å². The fourth-order valence-corrected chi connectivity index (χ4v) is 2.84. The number of aromatic amines is 2. The highest BCUT2D eigenvalue weighted by Crippen LogP contribution is 2.46. The van der Waals surface area contributed by atoms with Crippen molar-refractivity contribution in [3.63, 3.8) is 0 Å². The Morgan fingerprint density at radius 3 is 2.68 bits per heavy atom. The van der Waals surface area contributed by atoms with Gasteiger partial charge in [0.05, 0.1) is 0 Å². The number of aromatic nitrogens is 6. The average Bonchev–Trinajstić information content (AvgIpc) is 2.91. The predicted octanol–water partition coefficient (Wildman–Crippen LogP) is 0.969. The zero-order chi connectivity index (χ0) is 15.1. The lowest BCUT2D eigenvalue weighted by atomic mass is 9.72. The number of hydrogen-bond acceptors (Lipinski definition) is 6. The summed E-state index contributed by atoms with van der Waals surface area (Å²) in [6.07, 6.45) is 5.29. The summed E-state index contributed by atoms with van der Waals surface area (Å²) in [7, 11) is 0. The molecule has 0 aliphatic heterocycles. The Bertz CT molecular complexity index is 937. The second-order valence-electron chi connectivity index (χ2n) is 5.26. The zero-order valence-electron chi connectivity index (χ0n) is 11.4. The zero-order valence-corrected chi connectivity index (χ0v) is 11.4. The SMILES string of the molecule is N#Cc1[nH]nc2nc([C@H]3CC[C@H]3c3ncccn3)[nH]c(=O)c12. The first-order valence-electron chi connectivity index (χ1n) is 6.93. The fourth-order valence-electron chi connectivity index (χ4n) is 2.84. The largest absolute Gasteiger partial charge is 0.310 e. The van der Waals surface area contributed by atoms with E-state index in [0.717, 1.165) is 18.7 Å². The van der Waals surface area contributed by atoms with Gasteiger partial charge >= 0.3 is 0 Å². The summed E-state index contributed by atoms with van der Waals surface area (Å²) in [6.45, 7) is 0. The standard InChI is InChI=1S/C14H11N7O/c15-6-9-10-13(21-20-9)18-12(19-14(10)22)8-3-2-7(8)11-16-4-1-5-17-11/h1,4-5,7-8H,2-3H2,(H2,18,19,20,21,22)/t7-,8+/m1/s1. The van der Waals surface area contributed by atoms with Crippen molar-refractivity contribution < 1.29 is 0 Å². The van der Waals surface area contributed by atoms with Crippen LogP contribution in [0.2, 0.25) is 0 Å². The van der Waals surface area contributed by atoms with Gasteiger partial charge in [0.1, 0.15) is 23.1 Å². The highest BCUT2D eigenvalue weighted by molar-refractivity contribution is 5.79. The lowest BCUT2D eigenvalue weighted by molar-refractivity contribution is 0.319. The minimum absolute atomic E-state index is 0.0711. The van der Waals surface area contributed by atoms with E-state index in [2.05, 4.69) is 30.1 Å². The van der Waals surface area contributed by atoms with Gasteiger partial charge in [-0.15, -0.1) is 0 Å². The van der Waals surface area contributed by atoms with E-state index in [1.165, 1.54) is 0 Å².